The molecule has 0 saturated heterocycles. The fraction of sp³-hybridized carbons (Fsp3) is 0. The van der Waals surface area contributed by atoms with Gasteiger partial charge in [-0.15, -0.1) is 11.3 Å². The van der Waals surface area contributed by atoms with Crippen LogP contribution in [0.3, 0.4) is 0 Å². The largest absolute Gasteiger partial charge is 0.397 e. The standard InChI is InChI=1S/C15H10ClFN2OS/c16-9-5-3-6-10(12(9)17)19-15(20)14-13(18)8-4-1-2-7-11(8)21-14/h1-7H,18H2,(H,19,20). The molecule has 2 aromatic carbocycles. The van der Waals surface area contributed by atoms with Crippen LogP contribution < -0.4 is 11.1 Å². The minimum atomic E-state index is -0.660. The summed E-state index contributed by atoms with van der Waals surface area (Å²) in [5, 5.41) is 3.28. The number of anilines is 2. The van der Waals surface area contributed by atoms with Crippen LogP contribution in [0.15, 0.2) is 42.5 Å². The van der Waals surface area contributed by atoms with E-state index in [-0.39, 0.29) is 10.7 Å². The molecule has 21 heavy (non-hydrogen) atoms. The van der Waals surface area contributed by atoms with E-state index in [4.69, 9.17) is 17.3 Å². The normalized spacial score (nSPS) is 10.8. The number of carbonyl (C=O) groups is 1. The molecule has 3 rings (SSSR count). The monoisotopic (exact) mass is 320 g/mol. The Labute approximate surface area is 129 Å². The lowest BCUT2D eigenvalue weighted by atomic mass is 10.2. The number of halogens is 2. The number of nitrogens with one attached hydrogen (secondary N) is 1. The number of rotatable bonds is 2. The number of nitrogen functional groups attached to an aromatic ring is 1. The maximum Gasteiger partial charge on any atom is 0.267 e. The second-order valence-corrected chi connectivity index (χ2v) is 5.86. The van der Waals surface area contributed by atoms with E-state index >= 15 is 0 Å². The number of nitrogens with two attached hydrogens (primary N) is 1. The lowest BCUT2D eigenvalue weighted by Crippen LogP contribution is -2.13. The molecule has 0 aliphatic carbocycles. The van der Waals surface area contributed by atoms with Gasteiger partial charge in [0.15, 0.2) is 5.82 Å². The van der Waals surface area contributed by atoms with Crippen LogP contribution in [-0.4, -0.2) is 5.91 Å². The van der Waals surface area contributed by atoms with E-state index < -0.39 is 11.7 Å². The number of fused-ring (bicyclic) bond motifs is 1. The zero-order chi connectivity index (χ0) is 15.0. The van der Waals surface area contributed by atoms with Gasteiger partial charge in [-0.2, -0.15) is 0 Å². The van der Waals surface area contributed by atoms with Crippen molar-refractivity contribution in [2.24, 2.45) is 0 Å². The molecule has 0 bridgehead atoms. The number of hydrogen-bond acceptors (Lipinski definition) is 3. The van der Waals surface area contributed by atoms with Crippen molar-refractivity contribution < 1.29 is 9.18 Å². The molecule has 0 radical (unpaired) electrons. The lowest BCUT2D eigenvalue weighted by Gasteiger charge is -2.06. The molecule has 106 valence electrons. The summed E-state index contributed by atoms with van der Waals surface area (Å²) in [6, 6.07) is 11.9. The summed E-state index contributed by atoms with van der Waals surface area (Å²) >= 11 is 6.96. The molecule has 6 heteroatoms. The zero-order valence-electron chi connectivity index (χ0n) is 10.7. The topological polar surface area (TPSA) is 55.1 Å². The molecule has 0 saturated carbocycles. The van der Waals surface area contributed by atoms with E-state index in [1.807, 2.05) is 24.3 Å². The number of thiophene rings is 1. The highest BCUT2D eigenvalue weighted by molar-refractivity contribution is 7.21. The van der Waals surface area contributed by atoms with Crippen LogP contribution in [0.5, 0.6) is 0 Å². The van der Waals surface area contributed by atoms with E-state index in [1.54, 1.807) is 6.07 Å². The van der Waals surface area contributed by atoms with Crippen LogP contribution in [0.1, 0.15) is 9.67 Å². The first kappa shape index (κ1) is 13.9. The molecular weight excluding hydrogens is 311 g/mol. The van der Waals surface area contributed by atoms with Gasteiger partial charge in [-0.25, -0.2) is 4.39 Å². The van der Waals surface area contributed by atoms with Gasteiger partial charge in [0.1, 0.15) is 4.88 Å². The SMILES string of the molecule is Nc1c(C(=O)Nc2cccc(Cl)c2F)sc2ccccc12. The molecule has 0 spiro atoms. The Hall–Kier alpha value is -2.11. The van der Waals surface area contributed by atoms with Crippen LogP contribution in [0.4, 0.5) is 15.8 Å². The quantitative estimate of drug-likeness (QED) is 0.729. The highest BCUT2D eigenvalue weighted by Crippen LogP contribution is 2.34. The van der Waals surface area contributed by atoms with Gasteiger partial charge in [0, 0.05) is 10.1 Å². The molecule has 0 fully saturated rings. The van der Waals surface area contributed by atoms with Crippen molar-refractivity contribution >= 4 is 50.3 Å². The predicted molar refractivity (Wildman–Crippen MR) is 85.6 cm³/mol. The van der Waals surface area contributed by atoms with Gasteiger partial charge in [0.05, 0.1) is 16.4 Å². The number of amides is 1. The van der Waals surface area contributed by atoms with Crippen molar-refractivity contribution in [3.8, 4) is 0 Å². The molecule has 0 atom stereocenters. The Morgan fingerprint density at radius 3 is 2.71 bits per heavy atom. The summed E-state index contributed by atoms with van der Waals surface area (Å²) in [6.45, 7) is 0. The molecule has 3 N–H and O–H groups in total. The van der Waals surface area contributed by atoms with Crippen molar-refractivity contribution in [1.29, 1.82) is 0 Å². The Bertz CT molecular complexity index is 847. The molecule has 0 unspecified atom stereocenters. The first-order valence-corrected chi connectivity index (χ1v) is 7.29. The Kier molecular flexibility index (Phi) is 3.53. The average molecular weight is 321 g/mol. The van der Waals surface area contributed by atoms with E-state index in [9.17, 15) is 9.18 Å². The average Bonchev–Trinajstić information content (AvgIpc) is 2.82. The van der Waals surface area contributed by atoms with Crippen LogP contribution in [-0.2, 0) is 0 Å². The summed E-state index contributed by atoms with van der Waals surface area (Å²) in [6.07, 6.45) is 0. The molecule has 1 amide bonds. The maximum absolute atomic E-state index is 13.8. The molecule has 1 heterocycles. The summed E-state index contributed by atoms with van der Waals surface area (Å²) in [5.74, 6) is -1.11. The first-order valence-electron chi connectivity index (χ1n) is 6.10. The molecule has 0 aliphatic heterocycles. The first-order chi connectivity index (χ1) is 10.1. The molecule has 3 nitrogen and oxygen atoms in total. The van der Waals surface area contributed by atoms with Crippen molar-refractivity contribution in [1.82, 2.24) is 0 Å². The van der Waals surface area contributed by atoms with Gasteiger partial charge in [0.25, 0.3) is 5.91 Å². The van der Waals surface area contributed by atoms with Gasteiger partial charge < -0.3 is 11.1 Å². The van der Waals surface area contributed by atoms with Gasteiger partial charge in [-0.1, -0.05) is 35.9 Å². The summed E-state index contributed by atoms with van der Waals surface area (Å²) in [4.78, 5) is 12.6. The van der Waals surface area contributed by atoms with Gasteiger partial charge in [-0.05, 0) is 18.2 Å². The van der Waals surface area contributed by atoms with Crippen molar-refractivity contribution in [2.45, 2.75) is 0 Å². The van der Waals surface area contributed by atoms with Gasteiger partial charge in [0.2, 0.25) is 0 Å². The zero-order valence-corrected chi connectivity index (χ0v) is 12.3. The highest BCUT2D eigenvalue weighted by Gasteiger charge is 2.18. The lowest BCUT2D eigenvalue weighted by molar-refractivity contribution is 0.103. The predicted octanol–water partition coefficient (Wildman–Crippen LogP) is 4.53. The Morgan fingerprint density at radius 2 is 1.95 bits per heavy atom. The third kappa shape index (κ3) is 2.46. The molecule has 1 aromatic heterocycles. The second-order valence-electron chi connectivity index (χ2n) is 4.40. The molecule has 3 aromatic rings. The van der Waals surface area contributed by atoms with E-state index in [0.29, 0.717) is 10.6 Å². The maximum atomic E-state index is 13.8. The van der Waals surface area contributed by atoms with E-state index in [2.05, 4.69) is 5.32 Å². The van der Waals surface area contributed by atoms with Crippen LogP contribution >= 0.6 is 22.9 Å². The summed E-state index contributed by atoms with van der Waals surface area (Å²) < 4.78 is 14.7. The summed E-state index contributed by atoms with van der Waals surface area (Å²) in [5.41, 5.74) is 6.42. The highest BCUT2D eigenvalue weighted by atomic mass is 35.5. The van der Waals surface area contributed by atoms with E-state index in [0.717, 1.165) is 10.1 Å². The van der Waals surface area contributed by atoms with Crippen LogP contribution in [0.2, 0.25) is 5.02 Å². The number of benzene rings is 2. The van der Waals surface area contributed by atoms with Gasteiger partial charge >= 0.3 is 0 Å². The third-order valence-electron chi connectivity index (χ3n) is 3.04. The van der Waals surface area contributed by atoms with E-state index in [1.165, 1.54) is 23.5 Å². The smallest absolute Gasteiger partial charge is 0.267 e. The van der Waals surface area contributed by atoms with Crippen molar-refractivity contribution in [2.75, 3.05) is 11.1 Å². The van der Waals surface area contributed by atoms with Crippen LogP contribution in [0, 0.1) is 5.82 Å². The third-order valence-corrected chi connectivity index (χ3v) is 4.52. The van der Waals surface area contributed by atoms with Crippen molar-refractivity contribution in [3.63, 3.8) is 0 Å². The fourth-order valence-corrected chi connectivity index (χ4v) is 3.21. The summed E-state index contributed by atoms with van der Waals surface area (Å²) in [7, 11) is 0. The minimum absolute atomic E-state index is 0.0318. The number of carbonyl (C=O) groups excluding carboxylic acids is 1. The minimum Gasteiger partial charge on any atom is -0.397 e. The molecule has 0 aliphatic rings. The Morgan fingerprint density at radius 1 is 1.19 bits per heavy atom. The van der Waals surface area contributed by atoms with Crippen LogP contribution in [0.25, 0.3) is 10.1 Å². The molecular formula is C15H10ClFN2OS. The number of hydrogen-bond donors (Lipinski definition) is 2. The Balaban J connectivity index is 1.97. The van der Waals surface area contributed by atoms with Gasteiger partial charge in [-0.3, -0.25) is 4.79 Å². The second kappa shape index (κ2) is 5.35. The fourth-order valence-electron chi connectivity index (χ4n) is 2.01. The van der Waals surface area contributed by atoms with Crippen molar-refractivity contribution in [3.05, 3.63) is 58.2 Å².